The number of hydrogen-bond donors (Lipinski definition) is 1. The van der Waals surface area contributed by atoms with E-state index in [4.69, 9.17) is 5.73 Å². The molecule has 1 aliphatic heterocycles. The number of piperidine rings is 1. The molecule has 2 unspecified atom stereocenters. The van der Waals surface area contributed by atoms with Crippen LogP contribution in [0.25, 0.3) is 0 Å². The molecule has 1 aliphatic rings. The van der Waals surface area contributed by atoms with Crippen molar-refractivity contribution in [1.29, 1.82) is 0 Å². The van der Waals surface area contributed by atoms with Gasteiger partial charge < -0.3 is 15.5 Å². The third-order valence-corrected chi connectivity index (χ3v) is 4.05. The van der Waals surface area contributed by atoms with Crippen molar-refractivity contribution < 1.29 is 9.59 Å². The molecule has 0 aromatic carbocycles. The van der Waals surface area contributed by atoms with Crippen molar-refractivity contribution in [3.63, 3.8) is 0 Å². The number of rotatable bonds is 3. The van der Waals surface area contributed by atoms with E-state index in [1.165, 1.54) is 0 Å². The summed E-state index contributed by atoms with van der Waals surface area (Å²) < 4.78 is 0. The molecule has 0 aliphatic carbocycles. The maximum Gasteiger partial charge on any atom is 0.227 e. The Bertz CT molecular complexity index is 363. The summed E-state index contributed by atoms with van der Waals surface area (Å²) in [6.07, 6.45) is 1.75. The van der Waals surface area contributed by atoms with Crippen LogP contribution in [0.15, 0.2) is 0 Å². The fourth-order valence-electron chi connectivity index (χ4n) is 2.50. The van der Waals surface area contributed by atoms with Gasteiger partial charge in [-0.25, -0.2) is 0 Å². The lowest BCUT2D eigenvalue weighted by Crippen LogP contribution is -2.50. The van der Waals surface area contributed by atoms with E-state index in [0.717, 1.165) is 19.4 Å². The first kappa shape index (κ1) is 17.0. The maximum atomic E-state index is 12.4. The molecule has 2 atom stereocenters. The number of nitrogens with two attached hydrogens (primary N) is 1. The molecule has 2 amide bonds. The molecule has 0 aromatic heterocycles. The van der Waals surface area contributed by atoms with E-state index in [1.54, 1.807) is 11.9 Å². The van der Waals surface area contributed by atoms with E-state index in [0.29, 0.717) is 13.1 Å². The molecule has 0 spiro atoms. The van der Waals surface area contributed by atoms with Gasteiger partial charge in [0, 0.05) is 38.1 Å². The normalized spacial score (nSPS) is 21.5. The molecule has 116 valence electrons. The van der Waals surface area contributed by atoms with Crippen molar-refractivity contribution >= 4 is 11.8 Å². The number of likely N-dealkylation sites (N-methyl/N-ethyl adjacent to an activating group) is 1. The van der Waals surface area contributed by atoms with Crippen molar-refractivity contribution in [3.8, 4) is 0 Å². The first-order valence-corrected chi connectivity index (χ1v) is 7.44. The Kier molecular flexibility index (Phi) is 5.57. The van der Waals surface area contributed by atoms with Crippen molar-refractivity contribution in [1.82, 2.24) is 9.80 Å². The lowest BCUT2D eigenvalue weighted by atomic mass is 9.90. The Labute approximate surface area is 122 Å². The largest absolute Gasteiger partial charge is 0.341 e. The number of amides is 2. The molecular weight excluding hydrogens is 254 g/mol. The van der Waals surface area contributed by atoms with Crippen molar-refractivity contribution in [2.24, 2.45) is 17.1 Å². The fourth-order valence-corrected chi connectivity index (χ4v) is 2.50. The highest BCUT2D eigenvalue weighted by atomic mass is 16.2. The van der Waals surface area contributed by atoms with Crippen LogP contribution < -0.4 is 5.73 Å². The van der Waals surface area contributed by atoms with Crippen LogP contribution in [-0.4, -0.2) is 54.3 Å². The zero-order valence-corrected chi connectivity index (χ0v) is 13.5. The number of nitrogens with zero attached hydrogens (tertiary/aromatic N) is 2. The number of hydrogen-bond acceptors (Lipinski definition) is 3. The van der Waals surface area contributed by atoms with E-state index in [9.17, 15) is 9.59 Å². The van der Waals surface area contributed by atoms with Gasteiger partial charge >= 0.3 is 0 Å². The van der Waals surface area contributed by atoms with Gasteiger partial charge in [0.25, 0.3) is 0 Å². The van der Waals surface area contributed by atoms with E-state index in [2.05, 4.69) is 0 Å². The Morgan fingerprint density at radius 3 is 2.50 bits per heavy atom. The molecule has 0 aromatic rings. The van der Waals surface area contributed by atoms with Crippen molar-refractivity contribution in [2.75, 3.05) is 26.7 Å². The Balaban J connectivity index is 2.70. The van der Waals surface area contributed by atoms with E-state index >= 15 is 0 Å². The molecule has 5 heteroatoms. The minimum atomic E-state index is -0.388. The minimum absolute atomic E-state index is 0.0381. The molecule has 1 saturated heterocycles. The Hall–Kier alpha value is -1.10. The summed E-state index contributed by atoms with van der Waals surface area (Å²) in [6, 6.07) is 0.0381. The van der Waals surface area contributed by atoms with E-state index in [1.807, 2.05) is 32.6 Å². The summed E-state index contributed by atoms with van der Waals surface area (Å²) in [6.45, 7) is 9.46. The molecule has 1 rings (SSSR count). The van der Waals surface area contributed by atoms with Gasteiger partial charge in [-0.3, -0.25) is 9.59 Å². The molecule has 1 fully saturated rings. The molecule has 0 bridgehead atoms. The summed E-state index contributed by atoms with van der Waals surface area (Å²) in [7, 11) is 1.80. The van der Waals surface area contributed by atoms with Crippen LogP contribution in [0.2, 0.25) is 0 Å². The molecule has 0 radical (unpaired) electrons. The fraction of sp³-hybridized carbons (Fsp3) is 0.867. The standard InChI is InChI=1S/C15H29N3O2/c1-11(9-16)17(5)13(19)12-7-6-8-18(10-12)14(20)15(2,3)4/h11-12H,6-10,16H2,1-5H3. The van der Waals surface area contributed by atoms with Crippen LogP contribution in [0, 0.1) is 11.3 Å². The van der Waals surface area contributed by atoms with Gasteiger partial charge in [0.05, 0.1) is 5.92 Å². The van der Waals surface area contributed by atoms with Crippen LogP contribution in [0.4, 0.5) is 0 Å². The van der Waals surface area contributed by atoms with Gasteiger partial charge in [0.1, 0.15) is 0 Å². The van der Waals surface area contributed by atoms with Crippen LogP contribution in [0.5, 0.6) is 0 Å². The summed E-state index contributed by atoms with van der Waals surface area (Å²) >= 11 is 0. The van der Waals surface area contributed by atoms with E-state index in [-0.39, 0.29) is 29.2 Å². The molecule has 0 saturated carbocycles. The zero-order chi connectivity index (χ0) is 15.5. The smallest absolute Gasteiger partial charge is 0.227 e. The Morgan fingerprint density at radius 2 is 2.00 bits per heavy atom. The van der Waals surface area contributed by atoms with Gasteiger partial charge in [0.15, 0.2) is 0 Å². The average Bonchev–Trinajstić information content (AvgIpc) is 2.43. The van der Waals surface area contributed by atoms with Crippen LogP contribution in [0.1, 0.15) is 40.5 Å². The minimum Gasteiger partial charge on any atom is -0.341 e. The quantitative estimate of drug-likeness (QED) is 0.842. The summed E-state index contributed by atoms with van der Waals surface area (Å²) in [5, 5.41) is 0. The second kappa shape index (κ2) is 6.57. The van der Waals surface area contributed by atoms with Crippen LogP contribution in [-0.2, 0) is 9.59 Å². The van der Waals surface area contributed by atoms with E-state index < -0.39 is 0 Å². The summed E-state index contributed by atoms with van der Waals surface area (Å²) in [5.41, 5.74) is 5.23. The Morgan fingerprint density at radius 1 is 1.40 bits per heavy atom. The lowest BCUT2D eigenvalue weighted by molar-refractivity contribution is -0.145. The van der Waals surface area contributed by atoms with Gasteiger partial charge in [-0.15, -0.1) is 0 Å². The number of carbonyl (C=O) groups is 2. The summed E-state index contributed by atoms with van der Waals surface area (Å²) in [4.78, 5) is 28.3. The lowest BCUT2D eigenvalue weighted by Gasteiger charge is -2.38. The second-order valence-electron chi connectivity index (χ2n) is 6.87. The van der Waals surface area contributed by atoms with Crippen LogP contribution in [0.3, 0.4) is 0 Å². The summed E-state index contributed by atoms with van der Waals surface area (Å²) in [5.74, 6) is 0.146. The predicted molar refractivity (Wildman–Crippen MR) is 80.0 cm³/mol. The topological polar surface area (TPSA) is 66.6 Å². The SMILES string of the molecule is CC(CN)N(C)C(=O)C1CCCN(C(=O)C(C)(C)C)C1. The number of likely N-dealkylation sites (tertiary alicyclic amines) is 1. The van der Waals surface area contributed by atoms with Gasteiger partial charge in [-0.1, -0.05) is 20.8 Å². The van der Waals surface area contributed by atoms with Crippen LogP contribution >= 0.6 is 0 Å². The van der Waals surface area contributed by atoms with Crippen molar-refractivity contribution in [3.05, 3.63) is 0 Å². The first-order chi connectivity index (χ1) is 9.18. The third kappa shape index (κ3) is 3.95. The molecule has 5 nitrogen and oxygen atoms in total. The predicted octanol–water partition coefficient (Wildman–Crippen LogP) is 1.08. The molecule has 20 heavy (non-hydrogen) atoms. The van der Waals surface area contributed by atoms with Gasteiger partial charge in [-0.05, 0) is 19.8 Å². The highest BCUT2D eigenvalue weighted by Gasteiger charge is 2.34. The second-order valence-corrected chi connectivity index (χ2v) is 6.87. The maximum absolute atomic E-state index is 12.4. The average molecular weight is 283 g/mol. The highest BCUT2D eigenvalue weighted by Crippen LogP contribution is 2.24. The van der Waals surface area contributed by atoms with Gasteiger partial charge in [-0.2, -0.15) is 0 Å². The highest BCUT2D eigenvalue weighted by molar-refractivity contribution is 5.84. The molecule has 2 N–H and O–H groups in total. The first-order valence-electron chi connectivity index (χ1n) is 7.44. The third-order valence-electron chi connectivity index (χ3n) is 4.05. The zero-order valence-electron chi connectivity index (χ0n) is 13.5. The van der Waals surface area contributed by atoms with Crippen molar-refractivity contribution in [2.45, 2.75) is 46.6 Å². The molecular formula is C15H29N3O2. The monoisotopic (exact) mass is 283 g/mol. The van der Waals surface area contributed by atoms with Gasteiger partial charge in [0.2, 0.25) is 11.8 Å². The molecule has 1 heterocycles. The number of carbonyl (C=O) groups excluding carboxylic acids is 2.